The van der Waals surface area contributed by atoms with E-state index in [-0.39, 0.29) is 22.0 Å². The van der Waals surface area contributed by atoms with Crippen LogP contribution in [0, 0.1) is 21.7 Å². The monoisotopic (exact) mass is 466 g/mol. The van der Waals surface area contributed by atoms with E-state index in [1.54, 1.807) is 12.1 Å². The second-order valence-electron chi connectivity index (χ2n) is 6.07. The van der Waals surface area contributed by atoms with Crippen LogP contribution < -0.4 is 10.1 Å². The zero-order valence-corrected chi connectivity index (χ0v) is 17.0. The number of benzene rings is 3. The molecule has 0 amide bonds. The Labute approximate surface area is 180 Å². The van der Waals surface area contributed by atoms with E-state index < -0.39 is 37.2 Å². The average molecular weight is 467 g/mol. The van der Waals surface area contributed by atoms with Crippen LogP contribution in [-0.4, -0.2) is 19.6 Å². The number of hydrazone groups is 1. The normalized spacial score (nSPS) is 11.5. The largest absolute Gasteiger partial charge is 0.278 e. The standard InChI is InChI=1S/C19H13ClF2N4O4S/c20-14-3-1-2-4-17(14)25-31(29,30)19-10-13(26(27)28)6-8-18(19)24-23-11-12-5-7-15(21)16(22)9-12/h1-11,24-25H/b23-11+. The Balaban J connectivity index is 1.95. The molecule has 0 aliphatic carbocycles. The number of nitrogens with zero attached hydrogens (tertiary/aromatic N) is 2. The van der Waals surface area contributed by atoms with Crippen molar-refractivity contribution in [3.05, 3.63) is 93.0 Å². The van der Waals surface area contributed by atoms with Gasteiger partial charge in [-0.25, -0.2) is 17.2 Å². The highest BCUT2D eigenvalue weighted by molar-refractivity contribution is 7.93. The number of sulfonamides is 1. The van der Waals surface area contributed by atoms with Crippen molar-refractivity contribution in [3.8, 4) is 0 Å². The maximum atomic E-state index is 13.3. The molecule has 0 saturated carbocycles. The molecular weight excluding hydrogens is 454 g/mol. The first-order chi connectivity index (χ1) is 14.7. The number of nitro groups is 1. The van der Waals surface area contributed by atoms with Crippen molar-refractivity contribution in [1.82, 2.24) is 0 Å². The highest BCUT2D eigenvalue weighted by Crippen LogP contribution is 2.30. The van der Waals surface area contributed by atoms with Gasteiger partial charge in [0.25, 0.3) is 15.7 Å². The van der Waals surface area contributed by atoms with Gasteiger partial charge in [-0.2, -0.15) is 5.10 Å². The zero-order valence-electron chi connectivity index (χ0n) is 15.4. The van der Waals surface area contributed by atoms with E-state index in [4.69, 9.17) is 11.6 Å². The Kier molecular flexibility index (Phi) is 6.47. The van der Waals surface area contributed by atoms with Gasteiger partial charge >= 0.3 is 0 Å². The molecule has 160 valence electrons. The molecular formula is C19H13ClF2N4O4S. The predicted molar refractivity (Wildman–Crippen MR) is 113 cm³/mol. The topological polar surface area (TPSA) is 114 Å². The lowest BCUT2D eigenvalue weighted by atomic mass is 10.2. The number of non-ortho nitro benzene ring substituents is 1. The molecule has 3 aromatic carbocycles. The first-order valence-corrected chi connectivity index (χ1v) is 10.3. The summed E-state index contributed by atoms with van der Waals surface area (Å²) in [6.45, 7) is 0. The smallest absolute Gasteiger partial charge is 0.270 e. The molecule has 0 bridgehead atoms. The zero-order chi connectivity index (χ0) is 22.6. The molecule has 3 aromatic rings. The fraction of sp³-hybridized carbons (Fsp3) is 0. The van der Waals surface area contributed by atoms with Crippen LogP contribution in [0.4, 0.5) is 25.8 Å². The molecule has 0 saturated heterocycles. The number of nitrogens with one attached hydrogen (secondary N) is 2. The van der Waals surface area contributed by atoms with E-state index in [1.165, 1.54) is 18.2 Å². The van der Waals surface area contributed by atoms with Gasteiger partial charge in [-0.1, -0.05) is 29.8 Å². The molecule has 3 rings (SSSR count). The Bertz CT molecular complexity index is 1290. The lowest BCUT2D eigenvalue weighted by Crippen LogP contribution is -2.15. The Morgan fingerprint density at radius 1 is 1.00 bits per heavy atom. The molecule has 2 N–H and O–H groups in total. The first kappa shape index (κ1) is 22.1. The number of hydrogen-bond acceptors (Lipinski definition) is 6. The van der Waals surface area contributed by atoms with Crippen LogP contribution in [0.3, 0.4) is 0 Å². The van der Waals surface area contributed by atoms with Crippen molar-refractivity contribution in [1.29, 1.82) is 0 Å². The van der Waals surface area contributed by atoms with Crippen LogP contribution in [-0.2, 0) is 10.0 Å². The van der Waals surface area contributed by atoms with Crippen LogP contribution in [0.15, 0.2) is 70.7 Å². The molecule has 0 heterocycles. The van der Waals surface area contributed by atoms with Crippen LogP contribution in [0.1, 0.15) is 5.56 Å². The maximum Gasteiger partial charge on any atom is 0.270 e. The quantitative estimate of drug-likeness (QED) is 0.295. The highest BCUT2D eigenvalue weighted by atomic mass is 35.5. The summed E-state index contributed by atoms with van der Waals surface area (Å²) in [6, 6.07) is 12.2. The summed E-state index contributed by atoms with van der Waals surface area (Å²) < 4.78 is 54.3. The van der Waals surface area contributed by atoms with Crippen LogP contribution >= 0.6 is 11.6 Å². The second-order valence-corrected chi connectivity index (χ2v) is 8.12. The summed E-state index contributed by atoms with van der Waals surface area (Å²) >= 11 is 5.98. The summed E-state index contributed by atoms with van der Waals surface area (Å²) in [4.78, 5) is 9.90. The molecule has 0 aromatic heterocycles. The molecule has 0 unspecified atom stereocenters. The van der Waals surface area contributed by atoms with Gasteiger partial charge in [-0.15, -0.1) is 0 Å². The first-order valence-electron chi connectivity index (χ1n) is 8.47. The number of nitro benzene ring substituents is 1. The number of hydrogen-bond donors (Lipinski definition) is 2. The van der Waals surface area contributed by atoms with Crippen LogP contribution in [0.25, 0.3) is 0 Å². The third kappa shape index (κ3) is 5.32. The van der Waals surface area contributed by atoms with Crippen molar-refractivity contribution >= 4 is 44.9 Å². The molecule has 12 heteroatoms. The molecule has 0 aliphatic heterocycles. The van der Waals surface area contributed by atoms with E-state index in [0.29, 0.717) is 0 Å². The average Bonchev–Trinajstić information content (AvgIpc) is 2.72. The summed E-state index contributed by atoms with van der Waals surface area (Å²) in [6.07, 6.45) is 1.13. The van der Waals surface area contributed by atoms with Gasteiger partial charge in [0, 0.05) is 12.1 Å². The number of halogens is 3. The van der Waals surface area contributed by atoms with E-state index in [9.17, 15) is 27.3 Å². The maximum absolute atomic E-state index is 13.3. The minimum atomic E-state index is -4.31. The molecule has 0 spiro atoms. The van der Waals surface area contributed by atoms with Gasteiger partial charge in [-0.3, -0.25) is 20.3 Å². The van der Waals surface area contributed by atoms with Gasteiger partial charge in [-0.05, 0) is 35.9 Å². The van der Waals surface area contributed by atoms with E-state index in [2.05, 4.69) is 15.2 Å². The van der Waals surface area contributed by atoms with Crippen molar-refractivity contribution < 1.29 is 22.1 Å². The fourth-order valence-corrected chi connectivity index (χ4v) is 3.95. The van der Waals surface area contributed by atoms with Crippen molar-refractivity contribution in [2.75, 3.05) is 10.1 Å². The number of rotatable bonds is 7. The third-order valence-electron chi connectivity index (χ3n) is 3.93. The molecule has 0 radical (unpaired) electrons. The molecule has 0 fully saturated rings. The van der Waals surface area contributed by atoms with Crippen molar-refractivity contribution in [3.63, 3.8) is 0 Å². The molecule has 8 nitrogen and oxygen atoms in total. The highest BCUT2D eigenvalue weighted by Gasteiger charge is 2.23. The predicted octanol–water partition coefficient (Wildman–Crippen LogP) is 4.77. The van der Waals surface area contributed by atoms with E-state index >= 15 is 0 Å². The molecule has 0 atom stereocenters. The third-order valence-corrected chi connectivity index (χ3v) is 5.66. The van der Waals surface area contributed by atoms with E-state index in [1.807, 2.05) is 0 Å². The molecule has 31 heavy (non-hydrogen) atoms. The number of anilines is 2. The fourth-order valence-electron chi connectivity index (χ4n) is 2.45. The van der Waals surface area contributed by atoms with Crippen LogP contribution in [0.2, 0.25) is 5.02 Å². The summed E-state index contributed by atoms with van der Waals surface area (Å²) in [5.74, 6) is -2.11. The van der Waals surface area contributed by atoms with Crippen LogP contribution in [0.5, 0.6) is 0 Å². The van der Waals surface area contributed by atoms with Crippen molar-refractivity contribution in [2.45, 2.75) is 4.90 Å². The SMILES string of the molecule is O=[N+]([O-])c1ccc(N/N=C/c2ccc(F)c(F)c2)c(S(=O)(=O)Nc2ccccc2Cl)c1. The van der Waals surface area contributed by atoms with Gasteiger partial charge in [0.05, 0.1) is 27.5 Å². The van der Waals surface area contributed by atoms with Gasteiger partial charge in [0.15, 0.2) is 11.6 Å². The van der Waals surface area contributed by atoms with Gasteiger partial charge in [0.2, 0.25) is 0 Å². The Hall–Kier alpha value is -3.57. The minimum absolute atomic E-state index is 0.0758. The Morgan fingerprint density at radius 2 is 1.74 bits per heavy atom. The lowest BCUT2D eigenvalue weighted by Gasteiger charge is -2.12. The number of para-hydroxylation sites is 1. The Morgan fingerprint density at radius 3 is 2.42 bits per heavy atom. The second kappa shape index (κ2) is 9.06. The lowest BCUT2D eigenvalue weighted by molar-refractivity contribution is -0.385. The summed E-state index contributed by atoms with van der Waals surface area (Å²) in [7, 11) is -4.31. The van der Waals surface area contributed by atoms with Crippen molar-refractivity contribution in [2.24, 2.45) is 5.10 Å². The minimum Gasteiger partial charge on any atom is -0.278 e. The van der Waals surface area contributed by atoms with E-state index in [0.717, 1.165) is 36.5 Å². The van der Waals surface area contributed by atoms with Gasteiger partial charge in [0.1, 0.15) is 4.90 Å². The molecule has 0 aliphatic rings. The van der Waals surface area contributed by atoms with Gasteiger partial charge < -0.3 is 0 Å². The summed E-state index contributed by atoms with van der Waals surface area (Å²) in [5, 5.41) is 15.0. The summed E-state index contributed by atoms with van der Waals surface area (Å²) in [5.41, 5.74) is 2.17.